The van der Waals surface area contributed by atoms with Crippen LogP contribution in [0.4, 0.5) is 5.69 Å². The van der Waals surface area contributed by atoms with Crippen molar-refractivity contribution in [1.82, 2.24) is 0 Å². The zero-order valence-electron chi connectivity index (χ0n) is 11.0. The third-order valence-corrected chi connectivity index (χ3v) is 3.10. The van der Waals surface area contributed by atoms with Crippen LogP contribution >= 0.6 is 0 Å². The maximum Gasteiger partial charge on any atom is 0.0399 e. The van der Waals surface area contributed by atoms with Crippen molar-refractivity contribution in [2.75, 3.05) is 5.73 Å². The lowest BCUT2D eigenvalue weighted by atomic mass is 9.98. The van der Waals surface area contributed by atoms with Crippen molar-refractivity contribution in [1.29, 1.82) is 0 Å². The first-order chi connectivity index (χ1) is 8.60. The van der Waals surface area contributed by atoms with Crippen LogP contribution in [0.2, 0.25) is 0 Å². The number of nitrogens with two attached hydrogens (primary N) is 1. The van der Waals surface area contributed by atoms with Gasteiger partial charge in [-0.1, -0.05) is 29.7 Å². The predicted octanol–water partition coefficient (Wildman–Crippen LogP) is 4.04. The average Bonchev–Trinajstić information content (AvgIpc) is 2.62. The Morgan fingerprint density at radius 3 is 2.56 bits per heavy atom. The highest BCUT2D eigenvalue weighted by Crippen LogP contribution is 2.43. The SMILES string of the molecule is C#CC1=C(/C=C\C)C(=C(C)C)c2cc(N)ccc21. The summed E-state index contributed by atoms with van der Waals surface area (Å²) < 4.78 is 0. The molecule has 0 saturated heterocycles. The third-order valence-electron chi connectivity index (χ3n) is 3.10. The molecule has 0 radical (unpaired) electrons. The Morgan fingerprint density at radius 2 is 2.00 bits per heavy atom. The van der Waals surface area contributed by atoms with Crippen LogP contribution in [0.25, 0.3) is 11.1 Å². The van der Waals surface area contributed by atoms with Gasteiger partial charge in [-0.05, 0) is 55.2 Å². The molecule has 1 aromatic carbocycles. The fourth-order valence-corrected chi connectivity index (χ4v) is 2.43. The molecule has 0 atom stereocenters. The number of anilines is 1. The van der Waals surface area contributed by atoms with E-state index in [-0.39, 0.29) is 0 Å². The average molecular weight is 235 g/mol. The van der Waals surface area contributed by atoms with E-state index in [1.807, 2.05) is 31.2 Å². The van der Waals surface area contributed by atoms with E-state index in [0.717, 1.165) is 28.0 Å². The molecule has 1 nitrogen and oxygen atoms in total. The molecular formula is C17H17N. The van der Waals surface area contributed by atoms with E-state index in [4.69, 9.17) is 12.2 Å². The molecular weight excluding hydrogens is 218 g/mol. The molecule has 0 saturated carbocycles. The van der Waals surface area contributed by atoms with Crippen LogP contribution in [0.15, 0.2) is 41.5 Å². The number of hydrogen-bond acceptors (Lipinski definition) is 1. The third kappa shape index (κ3) is 1.76. The monoisotopic (exact) mass is 235 g/mol. The lowest BCUT2D eigenvalue weighted by Gasteiger charge is -2.07. The van der Waals surface area contributed by atoms with E-state index < -0.39 is 0 Å². The van der Waals surface area contributed by atoms with Crippen LogP contribution in [0.3, 0.4) is 0 Å². The second kappa shape index (κ2) is 4.58. The first kappa shape index (κ1) is 12.3. The van der Waals surface area contributed by atoms with E-state index in [0.29, 0.717) is 0 Å². The van der Waals surface area contributed by atoms with E-state index in [9.17, 15) is 0 Å². The number of terminal acetylenes is 1. The molecule has 0 fully saturated rings. The van der Waals surface area contributed by atoms with Crippen LogP contribution in [0.5, 0.6) is 0 Å². The Hall–Kier alpha value is -2.20. The van der Waals surface area contributed by atoms with Crippen molar-refractivity contribution in [3.8, 4) is 12.3 Å². The maximum atomic E-state index is 5.89. The zero-order chi connectivity index (χ0) is 13.3. The van der Waals surface area contributed by atoms with Gasteiger partial charge in [-0.15, -0.1) is 6.42 Å². The molecule has 0 bridgehead atoms. The Bertz CT molecular complexity index is 630. The molecule has 0 aliphatic heterocycles. The smallest absolute Gasteiger partial charge is 0.0399 e. The van der Waals surface area contributed by atoms with Gasteiger partial charge in [0.15, 0.2) is 0 Å². The minimum atomic E-state index is 0.769. The van der Waals surface area contributed by atoms with Crippen LogP contribution in [-0.2, 0) is 0 Å². The lowest BCUT2D eigenvalue weighted by molar-refractivity contribution is 1.39. The summed E-state index contributed by atoms with van der Waals surface area (Å²) in [6.45, 7) is 6.21. The van der Waals surface area contributed by atoms with E-state index in [2.05, 4.69) is 25.8 Å². The van der Waals surface area contributed by atoms with Gasteiger partial charge in [0.2, 0.25) is 0 Å². The molecule has 1 heteroatoms. The first-order valence-corrected chi connectivity index (χ1v) is 6.01. The van der Waals surface area contributed by atoms with Gasteiger partial charge in [-0.2, -0.15) is 0 Å². The summed E-state index contributed by atoms with van der Waals surface area (Å²) in [5.74, 6) is 2.81. The molecule has 90 valence electrons. The van der Waals surface area contributed by atoms with E-state index in [1.165, 1.54) is 11.1 Å². The summed E-state index contributed by atoms with van der Waals surface area (Å²) in [6, 6.07) is 5.92. The van der Waals surface area contributed by atoms with E-state index in [1.54, 1.807) is 0 Å². The summed E-state index contributed by atoms with van der Waals surface area (Å²) >= 11 is 0. The van der Waals surface area contributed by atoms with Gasteiger partial charge in [0.25, 0.3) is 0 Å². The minimum Gasteiger partial charge on any atom is -0.399 e. The highest BCUT2D eigenvalue weighted by atomic mass is 14.5. The number of hydrogen-bond donors (Lipinski definition) is 1. The number of allylic oxidation sites excluding steroid dienone is 6. The first-order valence-electron chi connectivity index (χ1n) is 6.01. The van der Waals surface area contributed by atoms with Gasteiger partial charge in [0.1, 0.15) is 0 Å². The van der Waals surface area contributed by atoms with Gasteiger partial charge in [-0.3, -0.25) is 0 Å². The van der Waals surface area contributed by atoms with Crippen LogP contribution in [0.1, 0.15) is 31.9 Å². The lowest BCUT2D eigenvalue weighted by Crippen LogP contribution is -1.90. The summed E-state index contributed by atoms with van der Waals surface area (Å²) in [4.78, 5) is 0. The Morgan fingerprint density at radius 1 is 1.28 bits per heavy atom. The van der Waals surface area contributed by atoms with Crippen molar-refractivity contribution in [3.63, 3.8) is 0 Å². The van der Waals surface area contributed by atoms with E-state index >= 15 is 0 Å². The zero-order valence-corrected chi connectivity index (χ0v) is 11.0. The van der Waals surface area contributed by atoms with Crippen molar-refractivity contribution in [3.05, 3.63) is 52.6 Å². The summed E-state index contributed by atoms with van der Waals surface area (Å²) in [7, 11) is 0. The van der Waals surface area contributed by atoms with Gasteiger partial charge < -0.3 is 5.73 Å². The summed E-state index contributed by atoms with van der Waals surface area (Å²) in [5.41, 5.74) is 13.5. The molecule has 2 rings (SSSR count). The van der Waals surface area contributed by atoms with Gasteiger partial charge in [0.05, 0.1) is 0 Å². The molecule has 1 aliphatic rings. The number of benzene rings is 1. The maximum absolute atomic E-state index is 5.89. The molecule has 2 N–H and O–H groups in total. The second-order valence-electron chi connectivity index (χ2n) is 4.61. The van der Waals surface area contributed by atoms with Crippen LogP contribution in [0, 0.1) is 12.3 Å². The highest BCUT2D eigenvalue weighted by Gasteiger charge is 2.24. The van der Waals surface area contributed by atoms with Gasteiger partial charge in [-0.25, -0.2) is 0 Å². The quantitative estimate of drug-likeness (QED) is 0.577. The molecule has 0 heterocycles. The van der Waals surface area contributed by atoms with Crippen molar-refractivity contribution in [2.24, 2.45) is 0 Å². The van der Waals surface area contributed by atoms with Gasteiger partial charge >= 0.3 is 0 Å². The number of fused-ring (bicyclic) bond motifs is 1. The van der Waals surface area contributed by atoms with Gasteiger partial charge in [0, 0.05) is 11.3 Å². The molecule has 18 heavy (non-hydrogen) atoms. The summed E-state index contributed by atoms with van der Waals surface area (Å²) in [5, 5.41) is 0. The fraction of sp³-hybridized carbons (Fsp3) is 0.176. The van der Waals surface area contributed by atoms with Crippen LogP contribution < -0.4 is 5.73 Å². The molecule has 0 spiro atoms. The number of nitrogen functional groups attached to an aromatic ring is 1. The molecule has 1 aromatic rings. The predicted molar refractivity (Wildman–Crippen MR) is 79.7 cm³/mol. The Balaban J connectivity index is 2.83. The fourth-order valence-electron chi connectivity index (χ4n) is 2.43. The highest BCUT2D eigenvalue weighted by molar-refractivity contribution is 6.07. The standard InChI is InChI=1S/C17H17N/c1-5-7-15-13(6-2)14-9-8-12(18)10-16(14)17(15)11(3)4/h2,5,7-10H,18H2,1,3-4H3/b7-5-. The van der Waals surface area contributed by atoms with Crippen molar-refractivity contribution < 1.29 is 0 Å². The Labute approximate surface area is 109 Å². The summed E-state index contributed by atoms with van der Waals surface area (Å²) in [6.07, 6.45) is 9.77. The topological polar surface area (TPSA) is 26.0 Å². The molecule has 0 amide bonds. The Kier molecular flexibility index (Phi) is 3.12. The number of rotatable bonds is 1. The van der Waals surface area contributed by atoms with Crippen molar-refractivity contribution in [2.45, 2.75) is 20.8 Å². The second-order valence-corrected chi connectivity index (χ2v) is 4.61. The van der Waals surface area contributed by atoms with Crippen LogP contribution in [-0.4, -0.2) is 0 Å². The molecule has 1 aliphatic carbocycles. The van der Waals surface area contributed by atoms with Crippen molar-refractivity contribution >= 4 is 16.8 Å². The molecule has 0 unspecified atom stereocenters. The largest absolute Gasteiger partial charge is 0.399 e. The normalized spacial score (nSPS) is 14.0. The minimum absolute atomic E-state index is 0.769. The molecule has 0 aromatic heterocycles.